The number of para-hydroxylation sites is 1. The zero-order chi connectivity index (χ0) is 27.9. The van der Waals surface area contributed by atoms with Crippen molar-refractivity contribution in [3.63, 3.8) is 0 Å². The Labute approximate surface area is 225 Å². The van der Waals surface area contributed by atoms with Crippen molar-refractivity contribution in [2.45, 2.75) is 31.9 Å². The van der Waals surface area contributed by atoms with E-state index in [1.807, 2.05) is 42.5 Å². The summed E-state index contributed by atoms with van der Waals surface area (Å²) in [7, 11) is 0. The predicted molar refractivity (Wildman–Crippen MR) is 138 cm³/mol. The van der Waals surface area contributed by atoms with Crippen LogP contribution in [0.2, 0.25) is 0 Å². The molecule has 1 atom stereocenters. The van der Waals surface area contributed by atoms with Crippen molar-refractivity contribution < 1.29 is 27.5 Å². The summed E-state index contributed by atoms with van der Waals surface area (Å²) in [5.41, 5.74) is 2.74. The highest BCUT2D eigenvalue weighted by Crippen LogP contribution is 2.33. The molecule has 0 radical (unpaired) electrons. The number of nitrogens with one attached hydrogen (secondary N) is 2. The van der Waals surface area contributed by atoms with Gasteiger partial charge in [0.25, 0.3) is 11.8 Å². The minimum absolute atomic E-state index is 0.0164. The third-order valence-electron chi connectivity index (χ3n) is 6.40. The van der Waals surface area contributed by atoms with Gasteiger partial charge in [0.1, 0.15) is 17.8 Å². The summed E-state index contributed by atoms with van der Waals surface area (Å²) in [6, 6.07) is 16.4. The number of amides is 2. The van der Waals surface area contributed by atoms with Crippen LogP contribution in [0.1, 0.15) is 27.9 Å². The van der Waals surface area contributed by atoms with Gasteiger partial charge in [-0.3, -0.25) is 14.3 Å². The SMILES string of the molecule is O=C(N[C@H]1N=C(c2ccccc2)c2ccccc2NC1=O)c1c(-c2cnn(CC(F)(F)F)c2)nn2c1OCCC2. The number of fused-ring (bicyclic) bond motifs is 2. The number of carbonyl (C=O) groups excluding carboxylic acids is 2. The molecular formula is C27H22F3N7O3. The number of aliphatic imine (C=N–C) groups is 1. The van der Waals surface area contributed by atoms with E-state index in [9.17, 15) is 22.8 Å². The topological polar surface area (TPSA) is 115 Å². The molecule has 2 aromatic carbocycles. The normalized spacial score (nSPS) is 16.6. The molecule has 40 heavy (non-hydrogen) atoms. The van der Waals surface area contributed by atoms with Crippen molar-refractivity contribution in [3.8, 4) is 17.1 Å². The van der Waals surface area contributed by atoms with Crippen LogP contribution >= 0.6 is 0 Å². The number of carbonyl (C=O) groups is 2. The molecule has 204 valence electrons. The fourth-order valence-electron chi connectivity index (χ4n) is 4.67. The van der Waals surface area contributed by atoms with Gasteiger partial charge < -0.3 is 15.4 Å². The molecule has 2 aliphatic rings. The number of benzodiazepines with no additional fused rings is 1. The van der Waals surface area contributed by atoms with Gasteiger partial charge in [0.2, 0.25) is 12.0 Å². The van der Waals surface area contributed by atoms with Crippen LogP contribution in [0.5, 0.6) is 5.88 Å². The van der Waals surface area contributed by atoms with Crippen LogP contribution in [-0.2, 0) is 17.9 Å². The lowest BCUT2D eigenvalue weighted by atomic mass is 10.0. The number of ether oxygens (including phenoxy) is 1. The van der Waals surface area contributed by atoms with E-state index in [1.165, 1.54) is 17.1 Å². The lowest BCUT2D eigenvalue weighted by Crippen LogP contribution is -2.42. The van der Waals surface area contributed by atoms with Crippen molar-refractivity contribution in [1.29, 1.82) is 0 Å². The molecule has 0 saturated carbocycles. The molecule has 0 fully saturated rings. The zero-order valence-electron chi connectivity index (χ0n) is 20.9. The predicted octanol–water partition coefficient (Wildman–Crippen LogP) is 3.64. The summed E-state index contributed by atoms with van der Waals surface area (Å²) in [5, 5.41) is 13.7. The van der Waals surface area contributed by atoms with E-state index in [2.05, 4.69) is 25.8 Å². The van der Waals surface area contributed by atoms with Gasteiger partial charge >= 0.3 is 6.18 Å². The van der Waals surface area contributed by atoms with Crippen LogP contribution < -0.4 is 15.4 Å². The summed E-state index contributed by atoms with van der Waals surface area (Å²) in [6.07, 6.45) is -2.79. The van der Waals surface area contributed by atoms with Crippen molar-refractivity contribution in [2.24, 2.45) is 4.99 Å². The van der Waals surface area contributed by atoms with Crippen LogP contribution in [0.25, 0.3) is 11.3 Å². The average molecular weight is 550 g/mol. The lowest BCUT2D eigenvalue weighted by molar-refractivity contribution is -0.142. The van der Waals surface area contributed by atoms with Gasteiger partial charge in [-0.2, -0.15) is 23.4 Å². The van der Waals surface area contributed by atoms with Crippen LogP contribution in [0.4, 0.5) is 18.9 Å². The number of aromatic nitrogens is 4. The van der Waals surface area contributed by atoms with Crippen LogP contribution in [0.3, 0.4) is 0 Å². The van der Waals surface area contributed by atoms with Crippen LogP contribution in [0.15, 0.2) is 72.0 Å². The highest BCUT2D eigenvalue weighted by atomic mass is 19.4. The fourth-order valence-corrected chi connectivity index (χ4v) is 4.67. The highest BCUT2D eigenvalue weighted by molar-refractivity contribution is 6.20. The van der Waals surface area contributed by atoms with Crippen LogP contribution in [0, 0.1) is 0 Å². The summed E-state index contributed by atoms with van der Waals surface area (Å²) in [6.45, 7) is -0.519. The Hall–Kier alpha value is -4.94. The van der Waals surface area contributed by atoms with E-state index >= 15 is 0 Å². The summed E-state index contributed by atoms with van der Waals surface area (Å²) in [4.78, 5) is 31.6. The Kier molecular flexibility index (Phi) is 6.33. The first kappa shape index (κ1) is 25.3. The van der Waals surface area contributed by atoms with E-state index in [4.69, 9.17) is 4.74 Å². The van der Waals surface area contributed by atoms with Gasteiger partial charge in [0.15, 0.2) is 0 Å². The van der Waals surface area contributed by atoms with E-state index in [0.29, 0.717) is 36.5 Å². The standard InChI is InChI=1S/C27H22F3N7O3/c28-27(29,30)15-36-14-17(13-31-36)22-20(26-37(35-22)11-6-12-40-26)24(38)34-23-25(39)32-19-10-5-4-9-18(19)21(33-23)16-7-2-1-3-8-16/h1-5,7-10,13-14,23H,6,11-12,15H2,(H,32,39)(H,34,38)/t23-/m1/s1. The van der Waals surface area contributed by atoms with E-state index in [0.717, 1.165) is 10.2 Å². The summed E-state index contributed by atoms with van der Waals surface area (Å²) in [5.74, 6) is -1.12. The van der Waals surface area contributed by atoms with Crippen molar-refractivity contribution in [2.75, 3.05) is 11.9 Å². The number of anilines is 1. The quantitative estimate of drug-likeness (QED) is 0.395. The monoisotopic (exact) mass is 549 g/mol. The molecule has 2 aromatic heterocycles. The Morgan fingerprint density at radius 2 is 1.88 bits per heavy atom. The van der Waals surface area contributed by atoms with E-state index in [1.54, 1.807) is 12.1 Å². The van der Waals surface area contributed by atoms with Gasteiger partial charge in [-0.05, 0) is 6.07 Å². The second-order valence-electron chi connectivity index (χ2n) is 9.25. The van der Waals surface area contributed by atoms with Gasteiger partial charge in [0.05, 0.1) is 24.2 Å². The molecule has 4 heterocycles. The average Bonchev–Trinajstić information content (AvgIpc) is 3.52. The minimum Gasteiger partial charge on any atom is -0.477 e. The number of rotatable bonds is 5. The summed E-state index contributed by atoms with van der Waals surface area (Å²) < 4.78 is 46.7. The largest absolute Gasteiger partial charge is 0.477 e. The first-order valence-corrected chi connectivity index (χ1v) is 12.4. The van der Waals surface area contributed by atoms with Gasteiger partial charge in [-0.25, -0.2) is 9.67 Å². The molecule has 6 rings (SSSR count). The lowest BCUT2D eigenvalue weighted by Gasteiger charge is -2.17. The van der Waals surface area contributed by atoms with Crippen molar-refractivity contribution in [1.82, 2.24) is 24.9 Å². The van der Waals surface area contributed by atoms with Crippen molar-refractivity contribution >= 4 is 23.2 Å². The molecule has 2 N–H and O–H groups in total. The van der Waals surface area contributed by atoms with E-state index < -0.39 is 30.7 Å². The maximum absolute atomic E-state index is 13.7. The fraction of sp³-hybridized carbons (Fsp3) is 0.222. The van der Waals surface area contributed by atoms with Crippen LogP contribution in [-0.4, -0.2) is 56.0 Å². The van der Waals surface area contributed by atoms with Gasteiger partial charge in [-0.1, -0.05) is 48.5 Å². The molecule has 0 saturated heterocycles. The Bertz CT molecular complexity index is 1630. The second-order valence-corrected chi connectivity index (χ2v) is 9.25. The molecule has 13 heteroatoms. The zero-order valence-corrected chi connectivity index (χ0v) is 20.9. The molecule has 2 aliphatic heterocycles. The summed E-state index contributed by atoms with van der Waals surface area (Å²) >= 11 is 0. The number of aryl methyl sites for hydroxylation is 1. The maximum Gasteiger partial charge on any atom is 0.408 e. The van der Waals surface area contributed by atoms with E-state index in [-0.39, 0.29) is 22.7 Å². The molecular weight excluding hydrogens is 527 g/mol. The number of halogens is 3. The smallest absolute Gasteiger partial charge is 0.408 e. The Morgan fingerprint density at radius 3 is 2.67 bits per heavy atom. The van der Waals surface area contributed by atoms with Gasteiger partial charge in [-0.15, -0.1) is 0 Å². The molecule has 10 nitrogen and oxygen atoms in total. The number of hydrogen-bond acceptors (Lipinski definition) is 6. The maximum atomic E-state index is 13.7. The number of benzene rings is 2. The molecule has 0 bridgehead atoms. The Balaban J connectivity index is 1.38. The molecule has 0 spiro atoms. The molecule has 0 aliphatic carbocycles. The Morgan fingerprint density at radius 1 is 1.10 bits per heavy atom. The molecule has 4 aromatic rings. The molecule has 2 amide bonds. The van der Waals surface area contributed by atoms with Crippen molar-refractivity contribution in [3.05, 3.63) is 83.7 Å². The third kappa shape index (κ3) is 4.93. The first-order valence-electron chi connectivity index (χ1n) is 12.4. The molecule has 0 unspecified atom stereocenters. The second kappa shape index (κ2) is 9.98. The minimum atomic E-state index is -4.47. The number of nitrogens with zero attached hydrogens (tertiary/aromatic N) is 5. The first-order chi connectivity index (χ1) is 19.3. The highest BCUT2D eigenvalue weighted by Gasteiger charge is 2.34. The number of alkyl halides is 3. The number of hydrogen-bond donors (Lipinski definition) is 2. The third-order valence-corrected chi connectivity index (χ3v) is 6.40. The van der Waals surface area contributed by atoms with Gasteiger partial charge in [0, 0.05) is 35.9 Å².